The molecule has 0 aliphatic heterocycles. The van der Waals surface area contributed by atoms with Crippen molar-refractivity contribution in [3.05, 3.63) is 83.9 Å². The summed E-state index contributed by atoms with van der Waals surface area (Å²) < 4.78 is 24.1. The molecule has 0 unspecified atom stereocenters. The van der Waals surface area contributed by atoms with Crippen molar-refractivity contribution in [3.8, 4) is 23.0 Å². The van der Waals surface area contributed by atoms with Crippen LogP contribution < -0.4 is 18.9 Å². The van der Waals surface area contributed by atoms with Gasteiger partial charge in [0.15, 0.2) is 0 Å². The summed E-state index contributed by atoms with van der Waals surface area (Å²) in [5, 5.41) is 0. The van der Waals surface area contributed by atoms with Gasteiger partial charge >= 0.3 is 0 Å². The van der Waals surface area contributed by atoms with Gasteiger partial charge < -0.3 is 23.7 Å². The van der Waals surface area contributed by atoms with Crippen LogP contribution in [-0.4, -0.2) is 42.7 Å². The first kappa shape index (κ1) is 41.0. The molecule has 0 aliphatic rings. The molecule has 3 aromatic rings. The number of aryl methyl sites for hydroxylation is 2. The molecule has 212 valence electrons. The maximum Gasteiger partial charge on any atom is 0.119 e. The maximum atomic E-state index is 4.96. The highest BCUT2D eigenvalue weighted by Gasteiger charge is 1.90. The zero-order chi connectivity index (χ0) is 29.5. The smallest absolute Gasteiger partial charge is 0.119 e. The number of methoxy groups -OCH3 is 5. The minimum Gasteiger partial charge on any atom is -0.497 e. The normalized spacial score (nSPS) is 7.84. The third kappa shape index (κ3) is 25.7. The Labute approximate surface area is 228 Å². The van der Waals surface area contributed by atoms with Crippen LogP contribution in [0.15, 0.2) is 72.8 Å². The van der Waals surface area contributed by atoms with Crippen LogP contribution in [0.5, 0.6) is 23.0 Å². The van der Waals surface area contributed by atoms with Crippen LogP contribution in [0.2, 0.25) is 0 Å². The zero-order valence-corrected chi connectivity index (χ0v) is 26.0. The van der Waals surface area contributed by atoms with Gasteiger partial charge in [-0.1, -0.05) is 76.9 Å². The van der Waals surface area contributed by atoms with Gasteiger partial charge in [0.2, 0.25) is 0 Å². The third-order valence-electron chi connectivity index (χ3n) is 3.81. The highest BCUT2D eigenvalue weighted by Crippen LogP contribution is 2.16. The number of ether oxygens (including phenoxy) is 5. The van der Waals surface area contributed by atoms with E-state index in [1.807, 2.05) is 90.1 Å². The van der Waals surface area contributed by atoms with Gasteiger partial charge in [0.05, 0.1) is 28.4 Å². The van der Waals surface area contributed by atoms with E-state index in [1.54, 1.807) is 42.7 Å². The minimum atomic E-state index is 0.848. The Kier molecular flexibility index (Phi) is 36.3. The summed E-state index contributed by atoms with van der Waals surface area (Å²) in [5.41, 5.74) is 2.66. The van der Waals surface area contributed by atoms with Crippen LogP contribution in [0.3, 0.4) is 0 Å². The molecule has 0 saturated carbocycles. The third-order valence-corrected chi connectivity index (χ3v) is 3.81. The van der Waals surface area contributed by atoms with Crippen LogP contribution in [0, 0.1) is 13.8 Å². The Bertz CT molecular complexity index is 668. The Morgan fingerprint density at radius 1 is 0.324 bits per heavy atom. The fourth-order valence-electron chi connectivity index (χ4n) is 2.06. The van der Waals surface area contributed by atoms with E-state index in [0.29, 0.717) is 0 Å². The molecule has 0 aliphatic carbocycles. The molecule has 0 fully saturated rings. The summed E-state index contributed by atoms with van der Waals surface area (Å²) in [6.07, 6.45) is 0. The molecule has 0 saturated heterocycles. The molecule has 37 heavy (non-hydrogen) atoms. The summed E-state index contributed by atoms with van der Waals surface area (Å²) in [6, 6.07) is 23.4. The van der Waals surface area contributed by atoms with Gasteiger partial charge in [0.25, 0.3) is 0 Å². The molecular formula is C32H54O5. The van der Waals surface area contributed by atoms with Gasteiger partial charge in [-0.15, -0.1) is 0 Å². The van der Waals surface area contributed by atoms with E-state index in [2.05, 4.69) is 42.8 Å². The topological polar surface area (TPSA) is 46.2 Å². The summed E-state index contributed by atoms with van der Waals surface area (Å²) in [7, 11) is 9.81. The van der Waals surface area contributed by atoms with Crippen molar-refractivity contribution in [1.82, 2.24) is 0 Å². The Hall–Kier alpha value is -3.18. The van der Waals surface area contributed by atoms with E-state index in [4.69, 9.17) is 18.9 Å². The highest BCUT2D eigenvalue weighted by atomic mass is 16.5. The first-order valence-electron chi connectivity index (χ1n) is 12.7. The van der Waals surface area contributed by atoms with Crippen molar-refractivity contribution >= 4 is 0 Å². The van der Waals surface area contributed by atoms with Gasteiger partial charge in [0, 0.05) is 14.2 Å². The standard InChI is InChI=1S/2C8H10O2.C8H10.C2H6O.3C2H6/c2*1-9-7-3-5-8(10-2)6-4-7;1-7-3-5-8(2)6-4-7;1-3-2;3*1-2/h2*3-6H,1-2H3;3-6H,1-2H3;1-2H3;3*1-2H3. The molecule has 5 heteroatoms. The van der Waals surface area contributed by atoms with Crippen molar-refractivity contribution in [2.75, 3.05) is 42.7 Å². The number of benzene rings is 3. The second kappa shape index (κ2) is 32.8. The lowest BCUT2D eigenvalue weighted by molar-refractivity contribution is 0.277. The van der Waals surface area contributed by atoms with Crippen LogP contribution in [-0.2, 0) is 4.74 Å². The lowest BCUT2D eigenvalue weighted by atomic mass is 10.2. The largest absolute Gasteiger partial charge is 0.497 e. The van der Waals surface area contributed by atoms with Crippen LogP contribution in [0.4, 0.5) is 0 Å². The van der Waals surface area contributed by atoms with E-state index in [0.717, 1.165) is 23.0 Å². The lowest BCUT2D eigenvalue weighted by Gasteiger charge is -2.00. The fraction of sp³-hybridized carbons (Fsp3) is 0.438. The van der Waals surface area contributed by atoms with E-state index in [-0.39, 0.29) is 0 Å². The van der Waals surface area contributed by atoms with Crippen molar-refractivity contribution < 1.29 is 23.7 Å². The van der Waals surface area contributed by atoms with Crippen molar-refractivity contribution in [2.45, 2.75) is 55.4 Å². The summed E-state index contributed by atoms with van der Waals surface area (Å²) in [5.74, 6) is 3.39. The quantitative estimate of drug-likeness (QED) is 0.345. The van der Waals surface area contributed by atoms with E-state index in [1.165, 1.54) is 11.1 Å². The minimum absolute atomic E-state index is 0.848. The molecule has 0 N–H and O–H groups in total. The molecule has 3 rings (SSSR count). The Morgan fingerprint density at radius 2 is 0.459 bits per heavy atom. The average molecular weight is 519 g/mol. The Morgan fingerprint density at radius 3 is 0.568 bits per heavy atom. The second-order valence-electron chi connectivity index (χ2n) is 6.32. The second-order valence-corrected chi connectivity index (χ2v) is 6.32. The van der Waals surface area contributed by atoms with Gasteiger partial charge in [-0.3, -0.25) is 0 Å². The number of hydrogen-bond acceptors (Lipinski definition) is 5. The summed E-state index contributed by atoms with van der Waals surface area (Å²) >= 11 is 0. The molecule has 0 bridgehead atoms. The first-order chi connectivity index (χ1) is 17.9. The predicted octanol–water partition coefficient (Wildman–Crippen LogP) is 9.05. The Balaban J connectivity index is -0.000000192. The van der Waals surface area contributed by atoms with Crippen molar-refractivity contribution in [2.24, 2.45) is 0 Å². The summed E-state index contributed by atoms with van der Waals surface area (Å²) in [6.45, 7) is 16.2. The molecule has 5 nitrogen and oxygen atoms in total. The SMILES string of the molecule is CC.CC.CC.COC.COc1ccc(OC)cc1.COc1ccc(OC)cc1.Cc1ccc(C)cc1. The predicted molar refractivity (Wildman–Crippen MR) is 162 cm³/mol. The summed E-state index contributed by atoms with van der Waals surface area (Å²) in [4.78, 5) is 0. The van der Waals surface area contributed by atoms with Crippen LogP contribution in [0.1, 0.15) is 52.7 Å². The average Bonchev–Trinajstić information content (AvgIpc) is 2.99. The van der Waals surface area contributed by atoms with Crippen LogP contribution >= 0.6 is 0 Å². The maximum absolute atomic E-state index is 4.96. The zero-order valence-electron chi connectivity index (χ0n) is 26.0. The van der Waals surface area contributed by atoms with Gasteiger partial charge in [0.1, 0.15) is 23.0 Å². The number of rotatable bonds is 4. The molecule has 0 heterocycles. The monoisotopic (exact) mass is 518 g/mol. The van der Waals surface area contributed by atoms with Gasteiger partial charge in [-0.25, -0.2) is 0 Å². The van der Waals surface area contributed by atoms with Gasteiger partial charge in [-0.2, -0.15) is 0 Å². The van der Waals surface area contributed by atoms with E-state index < -0.39 is 0 Å². The molecule has 0 aromatic heterocycles. The molecule has 0 radical (unpaired) electrons. The van der Waals surface area contributed by atoms with Crippen LogP contribution in [0.25, 0.3) is 0 Å². The fourth-order valence-corrected chi connectivity index (χ4v) is 2.06. The molecule has 0 spiro atoms. The first-order valence-corrected chi connectivity index (χ1v) is 12.7. The number of hydrogen-bond donors (Lipinski definition) is 0. The van der Waals surface area contributed by atoms with Crippen molar-refractivity contribution in [1.29, 1.82) is 0 Å². The van der Waals surface area contributed by atoms with E-state index >= 15 is 0 Å². The van der Waals surface area contributed by atoms with Crippen molar-refractivity contribution in [3.63, 3.8) is 0 Å². The molecule has 0 atom stereocenters. The highest BCUT2D eigenvalue weighted by molar-refractivity contribution is 5.31. The molecule has 0 amide bonds. The lowest BCUT2D eigenvalue weighted by Crippen LogP contribution is -1.83. The molecule has 3 aromatic carbocycles. The van der Waals surface area contributed by atoms with Gasteiger partial charge in [-0.05, 0) is 62.4 Å². The molecular weight excluding hydrogens is 464 g/mol. The van der Waals surface area contributed by atoms with E-state index in [9.17, 15) is 0 Å².